The van der Waals surface area contributed by atoms with Crippen molar-refractivity contribution in [3.8, 4) is 0 Å². The minimum absolute atomic E-state index is 0.154. The average molecular weight is 229 g/mol. The van der Waals surface area contributed by atoms with E-state index in [1.165, 1.54) is 6.07 Å². The molecule has 1 rings (SSSR count). The zero-order chi connectivity index (χ0) is 11.3. The molecular weight excluding hydrogens is 213 g/mol. The molecule has 0 saturated heterocycles. The quantitative estimate of drug-likeness (QED) is 0.760. The van der Waals surface area contributed by atoms with Crippen LogP contribution in [0.15, 0.2) is 23.1 Å². The van der Waals surface area contributed by atoms with Crippen molar-refractivity contribution in [1.82, 2.24) is 0 Å². The van der Waals surface area contributed by atoms with Crippen LogP contribution in [-0.2, 0) is 6.54 Å². The van der Waals surface area contributed by atoms with E-state index in [0.717, 1.165) is 4.90 Å². The maximum Gasteiger partial charge on any atom is 0.128 e. The van der Waals surface area contributed by atoms with E-state index in [1.807, 2.05) is 13.0 Å². The Labute approximate surface area is 93.7 Å². The van der Waals surface area contributed by atoms with Crippen LogP contribution in [0.2, 0.25) is 0 Å². The van der Waals surface area contributed by atoms with Crippen LogP contribution in [0.5, 0.6) is 0 Å². The van der Waals surface area contributed by atoms with Gasteiger partial charge >= 0.3 is 0 Å². The average Bonchev–Trinajstić information content (AvgIpc) is 2.18. The summed E-state index contributed by atoms with van der Waals surface area (Å²) in [5, 5.41) is 9.05. The van der Waals surface area contributed by atoms with E-state index >= 15 is 0 Å². The fourth-order valence-corrected chi connectivity index (χ4v) is 2.44. The van der Waals surface area contributed by atoms with Gasteiger partial charge in [0.1, 0.15) is 5.82 Å². The van der Waals surface area contributed by atoms with Crippen molar-refractivity contribution in [3.63, 3.8) is 0 Å². The van der Waals surface area contributed by atoms with E-state index in [2.05, 4.69) is 0 Å². The van der Waals surface area contributed by atoms with Gasteiger partial charge in [0.15, 0.2) is 0 Å². The van der Waals surface area contributed by atoms with Gasteiger partial charge in [-0.15, -0.1) is 11.8 Å². The van der Waals surface area contributed by atoms with E-state index in [4.69, 9.17) is 10.8 Å². The van der Waals surface area contributed by atoms with Crippen LogP contribution in [0.1, 0.15) is 18.9 Å². The number of hydrogen-bond donors (Lipinski definition) is 2. The molecule has 0 spiro atoms. The molecule has 1 aromatic carbocycles. The Morgan fingerprint density at radius 3 is 2.87 bits per heavy atom. The largest absolute Gasteiger partial charge is 0.396 e. The molecule has 0 amide bonds. The van der Waals surface area contributed by atoms with Gasteiger partial charge in [-0.3, -0.25) is 0 Å². The lowest BCUT2D eigenvalue weighted by molar-refractivity contribution is 0.289. The maximum atomic E-state index is 13.3. The monoisotopic (exact) mass is 229 g/mol. The maximum absolute atomic E-state index is 13.3. The lowest BCUT2D eigenvalue weighted by Crippen LogP contribution is -2.05. The lowest BCUT2D eigenvalue weighted by Gasteiger charge is -2.13. The van der Waals surface area contributed by atoms with Gasteiger partial charge in [0.25, 0.3) is 0 Å². The summed E-state index contributed by atoms with van der Waals surface area (Å²) < 4.78 is 13.3. The van der Waals surface area contributed by atoms with E-state index < -0.39 is 0 Å². The minimum Gasteiger partial charge on any atom is -0.396 e. The van der Waals surface area contributed by atoms with Gasteiger partial charge in [0.05, 0.1) is 0 Å². The molecule has 0 aliphatic rings. The molecule has 4 heteroatoms. The number of thioether (sulfide) groups is 1. The third-order valence-corrected chi connectivity index (χ3v) is 3.42. The third-order valence-electron chi connectivity index (χ3n) is 2.14. The summed E-state index contributed by atoms with van der Waals surface area (Å²) in [4.78, 5) is 0.874. The number of nitrogens with two attached hydrogens (primary N) is 1. The summed E-state index contributed by atoms with van der Waals surface area (Å²) in [7, 11) is 0. The molecule has 1 unspecified atom stereocenters. The van der Waals surface area contributed by atoms with Gasteiger partial charge in [-0.05, 0) is 18.6 Å². The Morgan fingerprint density at radius 1 is 1.53 bits per heavy atom. The van der Waals surface area contributed by atoms with Crippen LogP contribution >= 0.6 is 11.8 Å². The molecule has 0 aliphatic carbocycles. The van der Waals surface area contributed by atoms with E-state index in [1.54, 1.807) is 17.8 Å². The first-order valence-electron chi connectivity index (χ1n) is 4.94. The molecule has 0 aliphatic heterocycles. The molecule has 0 bridgehead atoms. The summed E-state index contributed by atoms with van der Waals surface area (Å²) in [6.45, 7) is 2.37. The van der Waals surface area contributed by atoms with Crippen LogP contribution < -0.4 is 5.73 Å². The predicted octanol–water partition coefficient (Wildman–Crippen LogP) is 2.15. The molecule has 0 fully saturated rings. The fourth-order valence-electron chi connectivity index (χ4n) is 1.30. The predicted molar refractivity (Wildman–Crippen MR) is 61.3 cm³/mol. The molecule has 15 heavy (non-hydrogen) atoms. The molecule has 3 N–H and O–H groups in total. The SMILES string of the molecule is CC(CCO)Sc1cccc(F)c1CN. The van der Waals surface area contributed by atoms with Crippen LogP contribution in [-0.4, -0.2) is 17.0 Å². The molecule has 0 aromatic heterocycles. The molecule has 0 radical (unpaired) electrons. The molecule has 1 aromatic rings. The molecular formula is C11H16FNOS. The Bertz CT molecular complexity index is 319. The topological polar surface area (TPSA) is 46.2 Å². The second-order valence-corrected chi connectivity index (χ2v) is 4.84. The summed E-state index contributed by atoms with van der Waals surface area (Å²) in [6, 6.07) is 4.97. The molecule has 1 atom stereocenters. The highest BCUT2D eigenvalue weighted by atomic mass is 32.2. The smallest absolute Gasteiger partial charge is 0.128 e. The van der Waals surface area contributed by atoms with Gasteiger partial charge in [0, 0.05) is 28.9 Å². The number of rotatable bonds is 5. The van der Waals surface area contributed by atoms with Gasteiger partial charge < -0.3 is 10.8 Å². The first-order valence-corrected chi connectivity index (χ1v) is 5.82. The Kier molecular flexibility index (Phi) is 5.08. The van der Waals surface area contributed by atoms with Gasteiger partial charge in [-0.2, -0.15) is 0 Å². The lowest BCUT2D eigenvalue weighted by atomic mass is 10.2. The number of aliphatic hydroxyl groups is 1. The summed E-state index contributed by atoms with van der Waals surface area (Å²) in [6.07, 6.45) is 0.700. The van der Waals surface area contributed by atoms with Crippen molar-refractivity contribution in [2.24, 2.45) is 5.73 Å². The highest BCUT2D eigenvalue weighted by molar-refractivity contribution is 8.00. The van der Waals surface area contributed by atoms with Crippen molar-refractivity contribution >= 4 is 11.8 Å². The number of halogens is 1. The summed E-state index contributed by atoms with van der Waals surface area (Å²) in [5.41, 5.74) is 6.06. The Hall–Kier alpha value is -0.580. The van der Waals surface area contributed by atoms with Crippen LogP contribution in [0, 0.1) is 5.82 Å². The van der Waals surface area contributed by atoms with Crippen LogP contribution in [0.4, 0.5) is 4.39 Å². The first kappa shape index (κ1) is 12.5. The van der Waals surface area contributed by atoms with Crippen LogP contribution in [0.25, 0.3) is 0 Å². The highest BCUT2D eigenvalue weighted by Gasteiger charge is 2.10. The van der Waals surface area contributed by atoms with Crippen molar-refractivity contribution in [2.45, 2.75) is 30.0 Å². The van der Waals surface area contributed by atoms with Gasteiger partial charge in [-0.25, -0.2) is 4.39 Å². The normalized spacial score (nSPS) is 12.8. The number of aliphatic hydroxyl groups excluding tert-OH is 1. The van der Waals surface area contributed by atoms with Crippen molar-refractivity contribution in [3.05, 3.63) is 29.6 Å². The summed E-state index contributed by atoms with van der Waals surface area (Å²) in [5.74, 6) is -0.251. The van der Waals surface area contributed by atoms with E-state index in [-0.39, 0.29) is 24.2 Å². The van der Waals surface area contributed by atoms with Crippen LogP contribution in [0.3, 0.4) is 0 Å². The van der Waals surface area contributed by atoms with Gasteiger partial charge in [-0.1, -0.05) is 13.0 Å². The number of hydrogen-bond acceptors (Lipinski definition) is 3. The van der Waals surface area contributed by atoms with E-state index in [0.29, 0.717) is 12.0 Å². The number of benzene rings is 1. The minimum atomic E-state index is -0.251. The Morgan fingerprint density at radius 2 is 2.27 bits per heavy atom. The van der Waals surface area contributed by atoms with Crippen molar-refractivity contribution in [1.29, 1.82) is 0 Å². The second-order valence-electron chi connectivity index (χ2n) is 3.36. The van der Waals surface area contributed by atoms with Crippen molar-refractivity contribution in [2.75, 3.05) is 6.61 Å². The molecule has 0 heterocycles. The first-order chi connectivity index (χ1) is 7.19. The molecule has 84 valence electrons. The fraction of sp³-hybridized carbons (Fsp3) is 0.455. The summed E-state index contributed by atoms with van der Waals surface area (Å²) >= 11 is 1.55. The van der Waals surface area contributed by atoms with Gasteiger partial charge in [0.2, 0.25) is 0 Å². The third kappa shape index (κ3) is 3.48. The molecule has 0 saturated carbocycles. The molecule has 2 nitrogen and oxygen atoms in total. The Balaban J connectivity index is 2.80. The second kappa shape index (κ2) is 6.10. The zero-order valence-electron chi connectivity index (χ0n) is 8.74. The zero-order valence-corrected chi connectivity index (χ0v) is 9.56. The van der Waals surface area contributed by atoms with E-state index in [9.17, 15) is 4.39 Å². The standard InChI is InChI=1S/C11H16FNOS/c1-8(5-6-14)15-11-4-2-3-10(12)9(11)7-13/h2-4,8,14H,5-7,13H2,1H3. The highest BCUT2D eigenvalue weighted by Crippen LogP contribution is 2.29. The van der Waals surface area contributed by atoms with Crippen molar-refractivity contribution < 1.29 is 9.50 Å².